The molecule has 0 aliphatic carbocycles. The van der Waals surface area contributed by atoms with Crippen LogP contribution in [0.2, 0.25) is 0 Å². The van der Waals surface area contributed by atoms with Crippen molar-refractivity contribution in [3.05, 3.63) is 0 Å². The zero-order chi connectivity index (χ0) is 14.8. The predicted molar refractivity (Wildman–Crippen MR) is 82.9 cm³/mol. The van der Waals surface area contributed by atoms with Gasteiger partial charge in [-0.25, -0.2) is 0 Å². The predicted octanol–water partition coefficient (Wildman–Crippen LogP) is 1.01. The molecule has 1 aliphatic rings. The number of rotatable bonds is 5. The van der Waals surface area contributed by atoms with E-state index in [0.29, 0.717) is 10.9 Å². The van der Waals surface area contributed by atoms with E-state index in [0.717, 1.165) is 30.4 Å². The summed E-state index contributed by atoms with van der Waals surface area (Å²) >= 11 is 2.71. The van der Waals surface area contributed by atoms with E-state index < -0.39 is 0 Å². The summed E-state index contributed by atoms with van der Waals surface area (Å²) in [5.74, 6) is 0.511. The van der Waals surface area contributed by atoms with Crippen LogP contribution in [0, 0.1) is 5.41 Å². The second-order valence-electron chi connectivity index (χ2n) is 5.74. The SMILES string of the molecule is CN1CC[C@@](C)(CN(C)C(=O)CSc2nnc(N)s2)C1. The Morgan fingerprint density at radius 1 is 1.60 bits per heavy atom. The lowest BCUT2D eigenvalue weighted by Crippen LogP contribution is -2.39. The summed E-state index contributed by atoms with van der Waals surface area (Å²) in [5.41, 5.74) is 5.72. The second-order valence-corrected chi connectivity index (χ2v) is 7.97. The van der Waals surface area contributed by atoms with Crippen LogP contribution in [-0.2, 0) is 4.79 Å². The lowest BCUT2D eigenvalue weighted by Gasteiger charge is -2.29. The van der Waals surface area contributed by atoms with Crippen molar-refractivity contribution in [1.82, 2.24) is 20.0 Å². The van der Waals surface area contributed by atoms with E-state index in [2.05, 4.69) is 29.1 Å². The molecule has 0 radical (unpaired) electrons. The first-order chi connectivity index (χ1) is 9.38. The van der Waals surface area contributed by atoms with Crippen molar-refractivity contribution in [2.24, 2.45) is 5.41 Å². The van der Waals surface area contributed by atoms with E-state index >= 15 is 0 Å². The summed E-state index contributed by atoms with van der Waals surface area (Å²) in [6.45, 7) is 5.20. The summed E-state index contributed by atoms with van der Waals surface area (Å²) in [6.07, 6.45) is 1.14. The Balaban J connectivity index is 1.80. The van der Waals surface area contributed by atoms with Gasteiger partial charge in [-0.3, -0.25) is 4.79 Å². The third-order valence-electron chi connectivity index (χ3n) is 3.53. The van der Waals surface area contributed by atoms with Gasteiger partial charge in [-0.1, -0.05) is 30.0 Å². The fourth-order valence-corrected chi connectivity index (χ4v) is 4.15. The molecule has 0 saturated carbocycles. The van der Waals surface area contributed by atoms with Gasteiger partial charge in [-0.15, -0.1) is 10.2 Å². The largest absolute Gasteiger partial charge is 0.374 e. The Hall–Kier alpha value is -0.860. The number of carbonyl (C=O) groups is 1. The van der Waals surface area contributed by atoms with Gasteiger partial charge in [0.15, 0.2) is 4.34 Å². The maximum atomic E-state index is 12.2. The number of anilines is 1. The van der Waals surface area contributed by atoms with Gasteiger partial charge < -0.3 is 15.5 Å². The van der Waals surface area contributed by atoms with Gasteiger partial charge in [0.2, 0.25) is 11.0 Å². The molecule has 1 aromatic rings. The highest BCUT2D eigenvalue weighted by Crippen LogP contribution is 2.30. The van der Waals surface area contributed by atoms with Gasteiger partial charge in [0.1, 0.15) is 0 Å². The molecule has 1 amide bonds. The Bertz CT molecular complexity index is 480. The Morgan fingerprint density at radius 3 is 2.90 bits per heavy atom. The average Bonchev–Trinajstić information content (AvgIpc) is 2.92. The van der Waals surface area contributed by atoms with Crippen molar-refractivity contribution in [2.75, 3.05) is 45.2 Å². The second kappa shape index (κ2) is 6.28. The summed E-state index contributed by atoms with van der Waals surface area (Å²) < 4.78 is 0.746. The zero-order valence-electron chi connectivity index (χ0n) is 12.1. The molecule has 0 aromatic carbocycles. The van der Waals surface area contributed by atoms with Gasteiger partial charge in [0, 0.05) is 20.1 Å². The van der Waals surface area contributed by atoms with E-state index in [1.165, 1.54) is 23.1 Å². The Kier molecular flexibility index (Phi) is 4.87. The lowest BCUT2D eigenvalue weighted by atomic mass is 9.89. The van der Waals surface area contributed by atoms with Crippen LogP contribution in [0.25, 0.3) is 0 Å². The summed E-state index contributed by atoms with van der Waals surface area (Å²) in [4.78, 5) is 16.3. The number of hydrogen-bond donors (Lipinski definition) is 1. The Labute approximate surface area is 127 Å². The van der Waals surface area contributed by atoms with Gasteiger partial charge in [0.25, 0.3) is 0 Å². The third-order valence-corrected chi connectivity index (χ3v) is 5.41. The van der Waals surface area contributed by atoms with Crippen molar-refractivity contribution in [2.45, 2.75) is 17.7 Å². The molecule has 1 aliphatic heterocycles. The minimum Gasteiger partial charge on any atom is -0.374 e. The fraction of sp³-hybridized carbons (Fsp3) is 0.750. The highest BCUT2D eigenvalue weighted by Gasteiger charge is 2.33. The summed E-state index contributed by atoms with van der Waals surface area (Å²) in [7, 11) is 4.00. The number of nitrogen functional groups attached to an aromatic ring is 1. The standard InChI is InChI=1S/C12H21N5OS2/c1-12(4-5-16(2)7-12)8-17(3)9(18)6-19-11-15-14-10(13)20-11/h4-8H2,1-3H3,(H2,13,14)/t12-/m1/s1. The first kappa shape index (κ1) is 15.5. The zero-order valence-corrected chi connectivity index (χ0v) is 13.8. The molecule has 0 bridgehead atoms. The molecular weight excluding hydrogens is 294 g/mol. The monoisotopic (exact) mass is 315 g/mol. The topological polar surface area (TPSA) is 75.3 Å². The number of nitrogens with zero attached hydrogens (tertiary/aromatic N) is 4. The number of carbonyl (C=O) groups excluding carboxylic acids is 1. The smallest absolute Gasteiger partial charge is 0.232 e. The molecule has 2 heterocycles. The van der Waals surface area contributed by atoms with Gasteiger partial charge in [-0.05, 0) is 25.4 Å². The van der Waals surface area contributed by atoms with Crippen molar-refractivity contribution in [3.8, 4) is 0 Å². The molecule has 1 fully saturated rings. The number of likely N-dealkylation sites (tertiary alicyclic amines) is 1. The molecule has 0 unspecified atom stereocenters. The molecular formula is C12H21N5OS2. The highest BCUT2D eigenvalue weighted by atomic mass is 32.2. The molecule has 2 rings (SSSR count). The molecule has 1 atom stereocenters. The number of nitrogens with two attached hydrogens (primary N) is 1. The lowest BCUT2D eigenvalue weighted by molar-refractivity contribution is -0.128. The normalized spacial score (nSPS) is 23.1. The molecule has 2 N–H and O–H groups in total. The molecule has 1 aromatic heterocycles. The molecule has 6 nitrogen and oxygen atoms in total. The van der Waals surface area contributed by atoms with Crippen LogP contribution in [0.4, 0.5) is 5.13 Å². The van der Waals surface area contributed by atoms with E-state index in [4.69, 9.17) is 5.73 Å². The van der Waals surface area contributed by atoms with E-state index in [9.17, 15) is 4.79 Å². The summed E-state index contributed by atoms with van der Waals surface area (Å²) in [5, 5.41) is 8.08. The number of aromatic nitrogens is 2. The number of thioether (sulfide) groups is 1. The molecule has 112 valence electrons. The number of amides is 1. The van der Waals surface area contributed by atoms with Crippen LogP contribution in [0.15, 0.2) is 4.34 Å². The van der Waals surface area contributed by atoms with Crippen molar-refractivity contribution in [3.63, 3.8) is 0 Å². The summed E-state index contributed by atoms with van der Waals surface area (Å²) in [6, 6.07) is 0. The van der Waals surface area contributed by atoms with Crippen LogP contribution < -0.4 is 5.73 Å². The van der Waals surface area contributed by atoms with Gasteiger partial charge >= 0.3 is 0 Å². The van der Waals surface area contributed by atoms with E-state index in [1.54, 1.807) is 0 Å². The molecule has 20 heavy (non-hydrogen) atoms. The first-order valence-electron chi connectivity index (χ1n) is 6.52. The minimum atomic E-state index is 0.125. The Morgan fingerprint density at radius 2 is 2.35 bits per heavy atom. The van der Waals surface area contributed by atoms with Crippen LogP contribution in [0.5, 0.6) is 0 Å². The maximum absolute atomic E-state index is 12.2. The van der Waals surface area contributed by atoms with Crippen LogP contribution in [0.1, 0.15) is 13.3 Å². The molecule has 1 saturated heterocycles. The average molecular weight is 315 g/mol. The number of hydrogen-bond acceptors (Lipinski definition) is 7. The molecule has 0 spiro atoms. The van der Waals surface area contributed by atoms with Crippen molar-refractivity contribution in [1.29, 1.82) is 0 Å². The van der Waals surface area contributed by atoms with Crippen LogP contribution >= 0.6 is 23.1 Å². The third kappa shape index (κ3) is 4.07. The van der Waals surface area contributed by atoms with Crippen molar-refractivity contribution >= 4 is 34.1 Å². The van der Waals surface area contributed by atoms with Crippen LogP contribution in [0.3, 0.4) is 0 Å². The van der Waals surface area contributed by atoms with Gasteiger partial charge in [-0.2, -0.15) is 0 Å². The van der Waals surface area contributed by atoms with Crippen molar-refractivity contribution < 1.29 is 4.79 Å². The van der Waals surface area contributed by atoms with E-state index in [1.807, 2.05) is 11.9 Å². The highest BCUT2D eigenvalue weighted by molar-refractivity contribution is 8.01. The fourth-order valence-electron chi connectivity index (χ4n) is 2.57. The quantitative estimate of drug-likeness (QED) is 0.818. The maximum Gasteiger partial charge on any atom is 0.232 e. The van der Waals surface area contributed by atoms with E-state index in [-0.39, 0.29) is 11.3 Å². The minimum absolute atomic E-state index is 0.125. The first-order valence-corrected chi connectivity index (χ1v) is 8.32. The van der Waals surface area contributed by atoms with Crippen LogP contribution in [-0.4, -0.2) is 65.4 Å². The molecule has 8 heteroatoms. The van der Waals surface area contributed by atoms with Gasteiger partial charge in [0.05, 0.1) is 5.75 Å².